The molecule has 3 nitrogen and oxygen atoms in total. The Bertz CT molecular complexity index is 402. The Labute approximate surface area is 94.0 Å². The maximum absolute atomic E-state index is 11.1. The summed E-state index contributed by atoms with van der Waals surface area (Å²) < 4.78 is 4.76. The molecule has 0 radical (unpaired) electrons. The van der Waals surface area contributed by atoms with Crippen LogP contribution >= 0.6 is 0 Å². The van der Waals surface area contributed by atoms with Crippen molar-refractivity contribution in [2.24, 2.45) is 0 Å². The highest BCUT2D eigenvalue weighted by molar-refractivity contribution is 5.87. The Kier molecular flexibility index (Phi) is 4.73. The lowest BCUT2D eigenvalue weighted by atomic mass is 10.1. The normalized spacial score (nSPS) is 10.0. The number of carbonyl (C=O) groups is 2. The van der Waals surface area contributed by atoms with E-state index in [4.69, 9.17) is 4.74 Å². The van der Waals surface area contributed by atoms with Crippen LogP contribution in [0.15, 0.2) is 43.0 Å². The molecule has 0 amide bonds. The van der Waals surface area contributed by atoms with Crippen LogP contribution < -0.4 is 0 Å². The third-order valence-corrected chi connectivity index (χ3v) is 1.83. The molecule has 0 aliphatic carbocycles. The molecule has 82 valence electrons. The largest absolute Gasteiger partial charge is 0.458 e. The molecule has 1 rings (SSSR count). The van der Waals surface area contributed by atoms with Gasteiger partial charge in [0.25, 0.3) is 0 Å². The standard InChI is InChI=1S/C13H12O3/c1-2-9-16-13(15)8-7-11-3-5-12(10-14)6-4-11/h2-8,10H,1,9H2. The predicted octanol–water partition coefficient (Wildman–Crippen LogP) is 2.24. The second kappa shape index (κ2) is 6.35. The highest BCUT2D eigenvalue weighted by Crippen LogP contribution is 2.04. The van der Waals surface area contributed by atoms with Gasteiger partial charge in [-0.25, -0.2) is 4.79 Å². The Hall–Kier alpha value is -2.16. The summed E-state index contributed by atoms with van der Waals surface area (Å²) in [6, 6.07) is 6.87. The van der Waals surface area contributed by atoms with Crippen molar-refractivity contribution in [3.8, 4) is 0 Å². The van der Waals surface area contributed by atoms with Gasteiger partial charge < -0.3 is 4.74 Å². The quantitative estimate of drug-likeness (QED) is 0.328. The highest BCUT2D eigenvalue weighted by atomic mass is 16.5. The fourth-order valence-electron chi connectivity index (χ4n) is 1.04. The molecule has 0 N–H and O–H groups in total. The van der Waals surface area contributed by atoms with Crippen molar-refractivity contribution in [1.29, 1.82) is 0 Å². The van der Waals surface area contributed by atoms with E-state index < -0.39 is 5.97 Å². The molecule has 0 heterocycles. The molecular weight excluding hydrogens is 204 g/mol. The smallest absolute Gasteiger partial charge is 0.331 e. The molecule has 0 fully saturated rings. The van der Waals surface area contributed by atoms with E-state index in [2.05, 4.69) is 6.58 Å². The van der Waals surface area contributed by atoms with Gasteiger partial charge in [-0.05, 0) is 11.6 Å². The van der Waals surface area contributed by atoms with Crippen molar-refractivity contribution in [1.82, 2.24) is 0 Å². The molecule has 0 saturated heterocycles. The maximum atomic E-state index is 11.1. The van der Waals surface area contributed by atoms with E-state index in [1.165, 1.54) is 12.2 Å². The summed E-state index contributed by atoms with van der Waals surface area (Å²) in [4.78, 5) is 21.5. The molecule has 0 bridgehead atoms. The lowest BCUT2D eigenvalue weighted by molar-refractivity contribution is -0.136. The first kappa shape index (κ1) is 11.9. The van der Waals surface area contributed by atoms with Crippen LogP contribution in [-0.2, 0) is 9.53 Å². The van der Waals surface area contributed by atoms with Crippen LogP contribution in [0, 0.1) is 0 Å². The van der Waals surface area contributed by atoms with Gasteiger partial charge in [0.05, 0.1) is 0 Å². The summed E-state index contributed by atoms with van der Waals surface area (Å²) in [7, 11) is 0. The molecule has 0 atom stereocenters. The average molecular weight is 216 g/mol. The average Bonchev–Trinajstić information content (AvgIpc) is 2.34. The molecule has 3 heteroatoms. The van der Waals surface area contributed by atoms with E-state index in [0.29, 0.717) is 5.56 Å². The summed E-state index contributed by atoms with van der Waals surface area (Å²) in [5.74, 6) is -0.417. The topological polar surface area (TPSA) is 43.4 Å². The summed E-state index contributed by atoms with van der Waals surface area (Å²) >= 11 is 0. The lowest BCUT2D eigenvalue weighted by Crippen LogP contribution is -1.99. The number of rotatable bonds is 5. The van der Waals surface area contributed by atoms with Crippen molar-refractivity contribution in [2.75, 3.05) is 6.61 Å². The summed E-state index contributed by atoms with van der Waals surface area (Å²) in [5, 5.41) is 0. The van der Waals surface area contributed by atoms with E-state index in [0.717, 1.165) is 11.8 Å². The minimum Gasteiger partial charge on any atom is -0.458 e. The third-order valence-electron chi connectivity index (χ3n) is 1.83. The van der Waals surface area contributed by atoms with E-state index in [1.807, 2.05) is 0 Å². The number of carbonyl (C=O) groups excluding carboxylic acids is 2. The third kappa shape index (κ3) is 3.92. The molecule has 0 aromatic heterocycles. The minimum atomic E-state index is -0.417. The van der Waals surface area contributed by atoms with E-state index in [-0.39, 0.29) is 6.61 Å². The molecule has 0 aliphatic heterocycles. The first-order chi connectivity index (χ1) is 7.76. The highest BCUT2D eigenvalue weighted by Gasteiger charge is 1.94. The minimum absolute atomic E-state index is 0.202. The molecule has 1 aromatic rings. The molecule has 0 unspecified atom stereocenters. The summed E-state index contributed by atoms with van der Waals surface area (Å²) in [5.41, 5.74) is 1.44. The Morgan fingerprint density at radius 1 is 1.25 bits per heavy atom. The van der Waals surface area contributed by atoms with Gasteiger partial charge in [-0.3, -0.25) is 4.79 Å². The number of benzene rings is 1. The van der Waals surface area contributed by atoms with E-state index >= 15 is 0 Å². The van der Waals surface area contributed by atoms with Crippen LogP contribution in [0.2, 0.25) is 0 Å². The van der Waals surface area contributed by atoms with Crippen molar-refractivity contribution in [3.63, 3.8) is 0 Å². The molecule has 0 spiro atoms. The van der Waals surface area contributed by atoms with Crippen molar-refractivity contribution >= 4 is 18.3 Å². The number of hydrogen-bond donors (Lipinski definition) is 0. The van der Waals surface area contributed by atoms with Crippen molar-refractivity contribution in [2.45, 2.75) is 0 Å². The van der Waals surface area contributed by atoms with Gasteiger partial charge in [0.2, 0.25) is 0 Å². The van der Waals surface area contributed by atoms with Crippen LogP contribution in [0.5, 0.6) is 0 Å². The SMILES string of the molecule is C=CCOC(=O)C=Cc1ccc(C=O)cc1. The van der Waals surface area contributed by atoms with Crippen molar-refractivity contribution in [3.05, 3.63) is 54.1 Å². The van der Waals surface area contributed by atoms with Gasteiger partial charge >= 0.3 is 5.97 Å². The van der Waals surface area contributed by atoms with E-state index in [9.17, 15) is 9.59 Å². The first-order valence-corrected chi connectivity index (χ1v) is 4.77. The molecule has 1 aromatic carbocycles. The Balaban J connectivity index is 2.58. The van der Waals surface area contributed by atoms with Crippen LogP contribution in [0.25, 0.3) is 6.08 Å². The summed E-state index contributed by atoms with van der Waals surface area (Å²) in [6.45, 7) is 3.64. The van der Waals surface area contributed by atoms with Gasteiger partial charge in [0.1, 0.15) is 12.9 Å². The monoisotopic (exact) mass is 216 g/mol. The number of aldehydes is 1. The molecule has 16 heavy (non-hydrogen) atoms. The number of esters is 1. The Morgan fingerprint density at radius 3 is 2.44 bits per heavy atom. The zero-order chi connectivity index (χ0) is 11.8. The van der Waals surface area contributed by atoms with Crippen molar-refractivity contribution < 1.29 is 14.3 Å². The van der Waals surface area contributed by atoms with Gasteiger partial charge in [-0.15, -0.1) is 0 Å². The molecule has 0 saturated carbocycles. The number of ether oxygens (including phenoxy) is 1. The second-order valence-corrected chi connectivity index (χ2v) is 3.04. The number of hydrogen-bond acceptors (Lipinski definition) is 3. The van der Waals surface area contributed by atoms with E-state index in [1.54, 1.807) is 30.3 Å². The van der Waals surface area contributed by atoms with Crippen LogP contribution in [0.1, 0.15) is 15.9 Å². The fraction of sp³-hybridized carbons (Fsp3) is 0.0769. The molecular formula is C13H12O3. The van der Waals surface area contributed by atoms with Crippen LogP contribution in [0.4, 0.5) is 0 Å². The van der Waals surface area contributed by atoms with Crippen LogP contribution in [0.3, 0.4) is 0 Å². The lowest BCUT2D eigenvalue weighted by Gasteiger charge is -1.96. The fourth-order valence-corrected chi connectivity index (χ4v) is 1.04. The zero-order valence-electron chi connectivity index (χ0n) is 8.76. The Morgan fingerprint density at radius 2 is 1.88 bits per heavy atom. The molecule has 0 aliphatic rings. The second-order valence-electron chi connectivity index (χ2n) is 3.04. The van der Waals surface area contributed by atoms with Gasteiger partial charge in [0, 0.05) is 11.6 Å². The predicted molar refractivity (Wildman–Crippen MR) is 62.0 cm³/mol. The zero-order valence-corrected chi connectivity index (χ0v) is 8.76. The van der Waals surface area contributed by atoms with Gasteiger partial charge in [-0.2, -0.15) is 0 Å². The van der Waals surface area contributed by atoms with Gasteiger partial charge in [0.15, 0.2) is 0 Å². The first-order valence-electron chi connectivity index (χ1n) is 4.77. The van der Waals surface area contributed by atoms with Gasteiger partial charge in [-0.1, -0.05) is 36.9 Å². The van der Waals surface area contributed by atoms with Crippen LogP contribution in [-0.4, -0.2) is 18.9 Å². The summed E-state index contributed by atoms with van der Waals surface area (Å²) in [6.07, 6.45) is 5.23. The maximum Gasteiger partial charge on any atom is 0.331 e.